The fourth-order valence-electron chi connectivity index (χ4n) is 3.00. The predicted octanol–water partition coefficient (Wildman–Crippen LogP) is 4.23. The molecule has 3 rings (SSSR count). The van der Waals surface area contributed by atoms with Crippen LogP contribution in [-0.4, -0.2) is 15.5 Å². The Morgan fingerprint density at radius 1 is 1.00 bits per heavy atom. The molecule has 0 saturated carbocycles. The highest BCUT2D eigenvalue weighted by molar-refractivity contribution is 6.01. The Kier molecular flexibility index (Phi) is 4.21. The molecule has 0 atom stereocenters. The van der Waals surface area contributed by atoms with E-state index >= 15 is 0 Å². The molecule has 122 valence electrons. The smallest absolute Gasteiger partial charge is 0.280 e. The lowest BCUT2D eigenvalue weighted by atomic mass is 10.1. The molecular formula is C20H21N3O. The number of nitrogens with zero attached hydrogens (tertiary/aromatic N) is 2. The lowest BCUT2D eigenvalue weighted by Gasteiger charge is -2.02. The van der Waals surface area contributed by atoms with Gasteiger partial charge in [0.1, 0.15) is 0 Å². The summed E-state index contributed by atoms with van der Waals surface area (Å²) in [5, 5.41) is 3.14. The normalized spacial score (nSPS) is 11.8. The van der Waals surface area contributed by atoms with E-state index < -0.39 is 0 Å². The van der Waals surface area contributed by atoms with Gasteiger partial charge in [-0.3, -0.25) is 14.9 Å². The van der Waals surface area contributed by atoms with Crippen molar-refractivity contribution >= 4 is 11.4 Å². The van der Waals surface area contributed by atoms with Crippen molar-refractivity contribution in [3.63, 3.8) is 0 Å². The van der Waals surface area contributed by atoms with Crippen molar-refractivity contribution in [2.24, 2.45) is 4.99 Å². The maximum absolute atomic E-state index is 12.8. The molecule has 4 heteroatoms. The van der Waals surface area contributed by atoms with Gasteiger partial charge in [-0.1, -0.05) is 24.3 Å². The number of aliphatic imine (C=N–C) groups is 1. The zero-order chi connectivity index (χ0) is 17.3. The van der Waals surface area contributed by atoms with Gasteiger partial charge in [0.15, 0.2) is 0 Å². The number of aromatic amines is 1. The Bertz CT molecular complexity index is 942. The number of nitrogens with one attached hydrogen (secondary N) is 1. The summed E-state index contributed by atoms with van der Waals surface area (Å²) in [6.07, 6.45) is 0. The molecule has 0 radical (unpaired) electrons. The lowest BCUT2D eigenvalue weighted by Crippen LogP contribution is -2.19. The highest BCUT2D eigenvalue weighted by Gasteiger charge is 2.15. The van der Waals surface area contributed by atoms with E-state index in [-0.39, 0.29) is 5.56 Å². The van der Waals surface area contributed by atoms with E-state index in [9.17, 15) is 4.79 Å². The van der Waals surface area contributed by atoms with Gasteiger partial charge in [-0.05, 0) is 63.1 Å². The van der Waals surface area contributed by atoms with Gasteiger partial charge in [-0.25, -0.2) is 4.68 Å². The highest BCUT2D eigenvalue weighted by atomic mass is 16.1. The summed E-state index contributed by atoms with van der Waals surface area (Å²) in [5.41, 5.74) is 6.08. The van der Waals surface area contributed by atoms with Crippen LogP contribution in [0.4, 0.5) is 5.69 Å². The maximum atomic E-state index is 12.8. The van der Waals surface area contributed by atoms with Crippen LogP contribution in [-0.2, 0) is 0 Å². The number of benzene rings is 2. The molecular weight excluding hydrogens is 298 g/mol. The molecule has 0 bridgehead atoms. The van der Waals surface area contributed by atoms with Gasteiger partial charge in [-0.2, -0.15) is 0 Å². The number of H-pyrrole nitrogens is 1. The van der Waals surface area contributed by atoms with Gasteiger partial charge in [0.2, 0.25) is 0 Å². The third kappa shape index (κ3) is 3.08. The van der Waals surface area contributed by atoms with E-state index in [0.29, 0.717) is 11.3 Å². The van der Waals surface area contributed by atoms with Crippen molar-refractivity contribution in [2.45, 2.75) is 27.7 Å². The van der Waals surface area contributed by atoms with E-state index in [1.165, 1.54) is 0 Å². The monoisotopic (exact) mass is 319 g/mol. The lowest BCUT2D eigenvalue weighted by molar-refractivity contribution is 0.835. The van der Waals surface area contributed by atoms with Crippen LogP contribution in [0.25, 0.3) is 5.69 Å². The molecule has 1 heterocycles. The summed E-state index contributed by atoms with van der Waals surface area (Å²) in [5.74, 6) is 0. The Labute approximate surface area is 141 Å². The van der Waals surface area contributed by atoms with Crippen molar-refractivity contribution in [3.8, 4) is 5.69 Å². The average molecular weight is 319 g/mol. The first-order valence-corrected chi connectivity index (χ1v) is 7.96. The van der Waals surface area contributed by atoms with Crippen LogP contribution in [0, 0.1) is 20.8 Å². The molecule has 0 aliphatic rings. The molecule has 1 N–H and O–H groups in total. The number of hydrogen-bond donors (Lipinski definition) is 1. The van der Waals surface area contributed by atoms with Crippen LogP contribution in [0.2, 0.25) is 0 Å². The fraction of sp³-hybridized carbons (Fsp3) is 0.200. The van der Waals surface area contributed by atoms with Crippen LogP contribution in [0.15, 0.2) is 58.3 Å². The number of rotatable bonds is 3. The topological polar surface area (TPSA) is 50.1 Å². The largest absolute Gasteiger partial charge is 0.295 e. The van der Waals surface area contributed by atoms with Crippen molar-refractivity contribution in [1.29, 1.82) is 0 Å². The molecule has 0 aliphatic heterocycles. The van der Waals surface area contributed by atoms with Crippen molar-refractivity contribution in [3.05, 3.63) is 81.3 Å². The fourth-order valence-corrected chi connectivity index (χ4v) is 3.00. The third-order valence-corrected chi connectivity index (χ3v) is 3.95. The molecule has 0 fully saturated rings. The third-order valence-electron chi connectivity index (χ3n) is 3.95. The minimum atomic E-state index is -0.0793. The van der Waals surface area contributed by atoms with Crippen LogP contribution in [0.1, 0.15) is 29.3 Å². The molecule has 0 spiro atoms. The Hall–Kier alpha value is -2.88. The minimum Gasteiger partial charge on any atom is -0.295 e. The van der Waals surface area contributed by atoms with Gasteiger partial charge in [0.05, 0.1) is 22.6 Å². The number of aryl methyl sites for hydroxylation is 3. The van der Waals surface area contributed by atoms with Gasteiger partial charge in [0, 0.05) is 5.69 Å². The van der Waals surface area contributed by atoms with Gasteiger partial charge in [0.25, 0.3) is 5.56 Å². The van der Waals surface area contributed by atoms with E-state index in [4.69, 9.17) is 0 Å². The quantitative estimate of drug-likeness (QED) is 0.722. The Morgan fingerprint density at radius 3 is 2.25 bits per heavy atom. The minimum absolute atomic E-state index is 0.0793. The summed E-state index contributed by atoms with van der Waals surface area (Å²) < 4.78 is 1.56. The standard InChI is InChI=1S/C20H21N3O/c1-13-10-14(2)12-17(11-13)21-15(3)19-16(4)22-23(20(19)24)18-8-6-5-7-9-18/h5-12,22H,1-4H3. The summed E-state index contributed by atoms with van der Waals surface area (Å²) in [6, 6.07) is 15.7. The van der Waals surface area contributed by atoms with Crippen LogP contribution in [0.3, 0.4) is 0 Å². The van der Waals surface area contributed by atoms with Crippen LogP contribution >= 0.6 is 0 Å². The predicted molar refractivity (Wildman–Crippen MR) is 98.9 cm³/mol. The first-order valence-electron chi connectivity index (χ1n) is 7.96. The summed E-state index contributed by atoms with van der Waals surface area (Å²) in [6.45, 7) is 7.87. The molecule has 0 amide bonds. The first kappa shape index (κ1) is 16.0. The molecule has 24 heavy (non-hydrogen) atoms. The summed E-state index contributed by atoms with van der Waals surface area (Å²) in [7, 11) is 0. The molecule has 0 aliphatic carbocycles. The number of hydrogen-bond acceptors (Lipinski definition) is 2. The van der Waals surface area contributed by atoms with Gasteiger partial charge in [-0.15, -0.1) is 0 Å². The second-order valence-electron chi connectivity index (χ2n) is 6.13. The molecule has 2 aromatic carbocycles. The Morgan fingerprint density at radius 2 is 1.62 bits per heavy atom. The molecule has 1 aromatic heterocycles. The molecule has 4 nitrogen and oxygen atoms in total. The maximum Gasteiger partial charge on any atom is 0.280 e. The van der Waals surface area contributed by atoms with Crippen molar-refractivity contribution in [1.82, 2.24) is 9.78 Å². The zero-order valence-corrected chi connectivity index (χ0v) is 14.4. The summed E-state index contributed by atoms with van der Waals surface area (Å²) >= 11 is 0. The number of para-hydroxylation sites is 1. The second kappa shape index (κ2) is 6.32. The van der Waals surface area contributed by atoms with Crippen molar-refractivity contribution in [2.75, 3.05) is 0 Å². The van der Waals surface area contributed by atoms with E-state index in [0.717, 1.165) is 28.2 Å². The Balaban J connectivity index is 2.08. The first-order chi connectivity index (χ1) is 11.5. The van der Waals surface area contributed by atoms with E-state index in [1.807, 2.05) is 70.2 Å². The van der Waals surface area contributed by atoms with E-state index in [2.05, 4.69) is 16.2 Å². The van der Waals surface area contributed by atoms with Crippen LogP contribution < -0.4 is 5.56 Å². The van der Waals surface area contributed by atoms with Gasteiger partial charge >= 0.3 is 0 Å². The number of aromatic nitrogens is 2. The van der Waals surface area contributed by atoms with Crippen molar-refractivity contribution < 1.29 is 0 Å². The molecule has 0 unspecified atom stereocenters. The molecule has 3 aromatic rings. The van der Waals surface area contributed by atoms with Gasteiger partial charge < -0.3 is 0 Å². The SMILES string of the molecule is CC(=Nc1cc(C)cc(C)c1)c1c(C)[nH]n(-c2ccccc2)c1=O. The highest BCUT2D eigenvalue weighted by Crippen LogP contribution is 2.18. The van der Waals surface area contributed by atoms with Crippen LogP contribution in [0.5, 0.6) is 0 Å². The second-order valence-corrected chi connectivity index (χ2v) is 6.13. The summed E-state index contributed by atoms with van der Waals surface area (Å²) in [4.78, 5) is 17.5. The average Bonchev–Trinajstić information content (AvgIpc) is 2.82. The zero-order valence-electron chi connectivity index (χ0n) is 14.4. The molecule has 0 saturated heterocycles. The van der Waals surface area contributed by atoms with E-state index in [1.54, 1.807) is 4.68 Å².